The molecular weight excluding hydrogens is 572 g/mol. The van der Waals surface area contributed by atoms with Gasteiger partial charge in [0.1, 0.15) is 6.10 Å². The summed E-state index contributed by atoms with van der Waals surface area (Å²) >= 11 is 0.981. The van der Waals surface area contributed by atoms with Crippen LogP contribution in [0.5, 0.6) is 0 Å². The summed E-state index contributed by atoms with van der Waals surface area (Å²) in [5.41, 5.74) is -1.07. The van der Waals surface area contributed by atoms with Gasteiger partial charge in [0.2, 0.25) is 11.8 Å². The normalized spacial score (nSPS) is 13.3. The second kappa shape index (κ2) is 26.9. The summed E-state index contributed by atoms with van der Waals surface area (Å²) in [5.74, 6) is -0.906. The standard InChI is InChI=1S/C32H52N2O8S/c1-4-5-6-7-8-9-10-11-12-13-14-15-16-17-18-19-20-21-28(36)42-43-25-24-33-27(35)22-23-34-30(38)29(37)32(2,3)26-41-31(39)40/h5-6,8-9,11-12,14-15,17-18,29,31,37,39-40H,4,7,10,13,16,19-26H2,1-3H3,(H,33,35)(H,34,38). The van der Waals surface area contributed by atoms with Gasteiger partial charge in [-0.15, -0.1) is 0 Å². The van der Waals surface area contributed by atoms with E-state index in [-0.39, 0.29) is 31.4 Å². The number of amides is 2. The molecular formula is C32H52N2O8S. The molecule has 0 aromatic rings. The number of ether oxygens (including phenoxy) is 1. The Hall–Kier alpha value is -2.70. The smallest absolute Gasteiger partial charge is 0.317 e. The van der Waals surface area contributed by atoms with Crippen LogP contribution >= 0.6 is 12.0 Å². The summed E-state index contributed by atoms with van der Waals surface area (Å²) < 4.78 is 9.74. The van der Waals surface area contributed by atoms with Crippen LogP contribution in [0.15, 0.2) is 60.8 Å². The molecule has 0 aliphatic carbocycles. The lowest BCUT2D eigenvalue weighted by atomic mass is 9.87. The molecule has 0 aliphatic heterocycles. The molecule has 244 valence electrons. The number of carbonyl (C=O) groups is 3. The molecule has 0 aromatic carbocycles. The summed E-state index contributed by atoms with van der Waals surface area (Å²) in [4.78, 5) is 35.8. The second-order valence-electron chi connectivity index (χ2n) is 10.3. The van der Waals surface area contributed by atoms with Crippen LogP contribution in [-0.2, 0) is 23.3 Å². The van der Waals surface area contributed by atoms with Gasteiger partial charge in [-0.1, -0.05) is 81.5 Å². The zero-order chi connectivity index (χ0) is 32.2. The molecule has 43 heavy (non-hydrogen) atoms. The third kappa shape index (κ3) is 25.5. The van der Waals surface area contributed by atoms with Crippen molar-refractivity contribution in [2.24, 2.45) is 5.41 Å². The SMILES string of the molecule is CCC=CCC=CCC=CCC=CCC=CCCCC(=O)OSCCNC(=O)CCNC(=O)C(O)C(C)(C)COC(O)O. The van der Waals surface area contributed by atoms with Gasteiger partial charge in [-0.25, -0.2) is 0 Å². The number of hydrogen-bond acceptors (Lipinski definition) is 9. The first-order valence-electron chi connectivity index (χ1n) is 14.9. The van der Waals surface area contributed by atoms with Crippen LogP contribution in [0.1, 0.15) is 78.6 Å². The molecule has 1 atom stereocenters. The van der Waals surface area contributed by atoms with Crippen LogP contribution in [0.2, 0.25) is 0 Å². The van der Waals surface area contributed by atoms with Crippen molar-refractivity contribution in [3.63, 3.8) is 0 Å². The number of rotatable bonds is 25. The lowest BCUT2D eigenvalue weighted by molar-refractivity contribution is -0.249. The van der Waals surface area contributed by atoms with E-state index in [0.717, 1.165) is 50.6 Å². The zero-order valence-corrected chi connectivity index (χ0v) is 26.7. The maximum atomic E-state index is 12.1. The molecule has 0 aromatic heterocycles. The van der Waals surface area contributed by atoms with E-state index in [0.29, 0.717) is 25.1 Å². The van der Waals surface area contributed by atoms with Crippen LogP contribution in [0.3, 0.4) is 0 Å². The molecule has 0 spiro atoms. The number of nitrogens with one attached hydrogen (secondary N) is 2. The highest BCUT2D eigenvalue weighted by Crippen LogP contribution is 2.21. The minimum atomic E-state index is -2.00. The van der Waals surface area contributed by atoms with Gasteiger partial charge in [0.05, 0.1) is 18.6 Å². The first kappa shape index (κ1) is 40.3. The summed E-state index contributed by atoms with van der Waals surface area (Å²) in [6.45, 7) is 3.24. The van der Waals surface area contributed by atoms with Crippen molar-refractivity contribution in [3.05, 3.63) is 60.8 Å². The first-order valence-corrected chi connectivity index (χ1v) is 15.8. The Balaban J connectivity index is 3.76. The Morgan fingerprint density at radius 1 is 0.791 bits per heavy atom. The van der Waals surface area contributed by atoms with Gasteiger partial charge in [-0.3, -0.25) is 14.4 Å². The maximum absolute atomic E-state index is 12.1. The van der Waals surface area contributed by atoms with Gasteiger partial charge in [-0.2, -0.15) is 0 Å². The van der Waals surface area contributed by atoms with E-state index in [4.69, 9.17) is 14.4 Å². The molecule has 0 fully saturated rings. The molecule has 0 radical (unpaired) electrons. The van der Waals surface area contributed by atoms with E-state index in [1.165, 1.54) is 13.8 Å². The fourth-order valence-corrected chi connectivity index (χ4v) is 3.80. The number of allylic oxidation sites excluding steroid dienone is 10. The summed E-state index contributed by atoms with van der Waals surface area (Å²) in [7, 11) is 0. The van der Waals surface area contributed by atoms with E-state index in [9.17, 15) is 19.5 Å². The van der Waals surface area contributed by atoms with Crippen molar-refractivity contribution in [1.29, 1.82) is 0 Å². The summed E-state index contributed by atoms with van der Waals surface area (Å²) in [6.07, 6.45) is 26.6. The Bertz CT molecular complexity index is 913. The Labute approximate surface area is 261 Å². The molecule has 0 heterocycles. The monoisotopic (exact) mass is 624 g/mol. The molecule has 2 amide bonds. The lowest BCUT2D eigenvalue weighted by Gasteiger charge is -2.29. The molecule has 10 nitrogen and oxygen atoms in total. The minimum Gasteiger partial charge on any atom is -0.391 e. The molecule has 0 saturated carbocycles. The highest BCUT2D eigenvalue weighted by molar-refractivity contribution is 7.95. The Morgan fingerprint density at radius 2 is 1.35 bits per heavy atom. The maximum Gasteiger partial charge on any atom is 0.317 e. The van der Waals surface area contributed by atoms with Crippen molar-refractivity contribution >= 4 is 29.8 Å². The quantitative estimate of drug-likeness (QED) is 0.0430. The Morgan fingerprint density at radius 3 is 1.91 bits per heavy atom. The number of aliphatic hydroxyl groups is 3. The third-order valence-electron chi connectivity index (χ3n) is 5.81. The molecule has 11 heteroatoms. The van der Waals surface area contributed by atoms with Crippen molar-refractivity contribution in [2.75, 3.05) is 25.4 Å². The largest absolute Gasteiger partial charge is 0.391 e. The highest BCUT2D eigenvalue weighted by Gasteiger charge is 2.34. The van der Waals surface area contributed by atoms with Crippen LogP contribution in [-0.4, -0.2) is 71.1 Å². The summed E-state index contributed by atoms with van der Waals surface area (Å²) in [6, 6.07) is 0. The lowest BCUT2D eigenvalue weighted by Crippen LogP contribution is -2.47. The number of carbonyl (C=O) groups excluding carboxylic acids is 3. The first-order chi connectivity index (χ1) is 20.6. The highest BCUT2D eigenvalue weighted by atomic mass is 32.2. The topological polar surface area (TPSA) is 154 Å². The predicted octanol–water partition coefficient (Wildman–Crippen LogP) is 4.39. The van der Waals surface area contributed by atoms with Crippen LogP contribution in [0.4, 0.5) is 0 Å². The molecule has 5 N–H and O–H groups in total. The molecule has 0 saturated heterocycles. The van der Waals surface area contributed by atoms with Crippen molar-refractivity contribution in [3.8, 4) is 0 Å². The van der Waals surface area contributed by atoms with E-state index in [1.54, 1.807) is 0 Å². The van der Waals surface area contributed by atoms with Gasteiger partial charge >= 0.3 is 5.97 Å². The second-order valence-corrected chi connectivity index (χ2v) is 11.1. The number of unbranched alkanes of at least 4 members (excludes halogenated alkanes) is 1. The van der Waals surface area contributed by atoms with Crippen LogP contribution in [0, 0.1) is 5.41 Å². The van der Waals surface area contributed by atoms with E-state index in [1.807, 2.05) is 0 Å². The van der Waals surface area contributed by atoms with Crippen molar-refractivity contribution in [2.45, 2.75) is 91.1 Å². The van der Waals surface area contributed by atoms with Gasteiger partial charge in [0.15, 0.2) is 0 Å². The van der Waals surface area contributed by atoms with Gasteiger partial charge < -0.3 is 34.9 Å². The van der Waals surface area contributed by atoms with Crippen LogP contribution < -0.4 is 10.6 Å². The predicted molar refractivity (Wildman–Crippen MR) is 171 cm³/mol. The van der Waals surface area contributed by atoms with Gasteiger partial charge in [0, 0.05) is 37.1 Å². The average Bonchev–Trinajstić information content (AvgIpc) is 2.97. The molecule has 0 aliphatic rings. The van der Waals surface area contributed by atoms with Gasteiger partial charge in [0.25, 0.3) is 6.48 Å². The minimum absolute atomic E-state index is 0.00496. The number of aliphatic hydroxyl groups excluding tert-OH is 2. The zero-order valence-electron chi connectivity index (χ0n) is 25.9. The molecule has 1 unspecified atom stereocenters. The van der Waals surface area contributed by atoms with Crippen LogP contribution in [0.25, 0.3) is 0 Å². The third-order valence-corrected chi connectivity index (χ3v) is 6.49. The van der Waals surface area contributed by atoms with Gasteiger partial charge in [-0.05, 0) is 44.9 Å². The van der Waals surface area contributed by atoms with E-state index >= 15 is 0 Å². The molecule has 0 bridgehead atoms. The fourth-order valence-electron chi connectivity index (χ4n) is 3.32. The van der Waals surface area contributed by atoms with E-state index in [2.05, 4.69) is 83.1 Å². The Kier molecular flexibility index (Phi) is 25.2. The number of hydrogen-bond donors (Lipinski definition) is 5. The molecule has 0 rings (SSSR count). The van der Waals surface area contributed by atoms with E-state index < -0.39 is 23.9 Å². The average molecular weight is 625 g/mol. The van der Waals surface area contributed by atoms with Crippen molar-refractivity contribution in [1.82, 2.24) is 10.6 Å². The summed E-state index contributed by atoms with van der Waals surface area (Å²) in [5, 5.41) is 32.8. The fraction of sp³-hybridized carbons (Fsp3) is 0.594. The van der Waals surface area contributed by atoms with Crippen molar-refractivity contribution < 1.29 is 38.6 Å².